The van der Waals surface area contributed by atoms with Crippen LogP contribution in [0, 0.1) is 0 Å². The molecule has 2 aliphatic rings. The van der Waals surface area contributed by atoms with Crippen molar-refractivity contribution in [3.05, 3.63) is 35.9 Å². The van der Waals surface area contributed by atoms with Gasteiger partial charge in [-0.1, -0.05) is 30.3 Å². The molecule has 150 valence electrons. The first-order valence-corrected chi connectivity index (χ1v) is 10.3. The van der Waals surface area contributed by atoms with Crippen LogP contribution in [-0.2, 0) is 11.3 Å². The van der Waals surface area contributed by atoms with E-state index in [1.807, 2.05) is 0 Å². The Morgan fingerprint density at radius 3 is 2.85 bits per heavy atom. The molecule has 2 aliphatic heterocycles. The summed E-state index contributed by atoms with van der Waals surface area (Å²) in [6.07, 6.45) is 2.72. The van der Waals surface area contributed by atoms with Gasteiger partial charge in [0.1, 0.15) is 0 Å². The van der Waals surface area contributed by atoms with Crippen LogP contribution < -0.4 is 10.6 Å². The normalized spacial score (nSPS) is 24.9. The number of nitrogens with one attached hydrogen (secondary N) is 2. The van der Waals surface area contributed by atoms with Gasteiger partial charge in [-0.25, -0.2) is 0 Å². The lowest BCUT2D eigenvalue weighted by Crippen LogP contribution is -2.48. The molecule has 6 heteroatoms. The van der Waals surface area contributed by atoms with E-state index in [9.17, 15) is 0 Å². The van der Waals surface area contributed by atoms with Crippen molar-refractivity contribution in [1.82, 2.24) is 20.4 Å². The number of rotatable bonds is 7. The number of benzene rings is 1. The predicted molar refractivity (Wildman–Crippen MR) is 111 cm³/mol. The molecule has 2 unspecified atom stereocenters. The Balaban J connectivity index is 1.50. The molecule has 2 saturated heterocycles. The highest BCUT2D eigenvalue weighted by Crippen LogP contribution is 2.20. The Bertz CT molecular complexity index is 579. The van der Waals surface area contributed by atoms with Crippen molar-refractivity contribution in [1.29, 1.82) is 0 Å². The summed E-state index contributed by atoms with van der Waals surface area (Å²) in [6.45, 7) is 9.61. The van der Waals surface area contributed by atoms with Gasteiger partial charge in [0.2, 0.25) is 0 Å². The molecule has 0 spiro atoms. The highest BCUT2D eigenvalue weighted by molar-refractivity contribution is 5.79. The van der Waals surface area contributed by atoms with Gasteiger partial charge in [0, 0.05) is 38.8 Å². The molecule has 0 radical (unpaired) electrons. The van der Waals surface area contributed by atoms with Crippen molar-refractivity contribution >= 4 is 5.96 Å². The number of likely N-dealkylation sites (N-methyl/N-ethyl adjacent to an activating group) is 1. The summed E-state index contributed by atoms with van der Waals surface area (Å²) >= 11 is 0. The lowest BCUT2D eigenvalue weighted by molar-refractivity contribution is -0.0161. The number of hydrogen-bond donors (Lipinski definition) is 2. The summed E-state index contributed by atoms with van der Waals surface area (Å²) in [5, 5.41) is 6.84. The summed E-state index contributed by atoms with van der Waals surface area (Å²) in [4.78, 5) is 9.76. The molecule has 6 nitrogen and oxygen atoms in total. The maximum Gasteiger partial charge on any atom is 0.191 e. The van der Waals surface area contributed by atoms with Crippen LogP contribution in [0.25, 0.3) is 0 Å². The Hall–Kier alpha value is -1.63. The van der Waals surface area contributed by atoms with Crippen molar-refractivity contribution in [3.8, 4) is 0 Å². The molecule has 1 aromatic carbocycles. The zero-order valence-corrected chi connectivity index (χ0v) is 16.9. The molecule has 0 amide bonds. The quantitative estimate of drug-likeness (QED) is 0.561. The van der Waals surface area contributed by atoms with Crippen LogP contribution in [0.4, 0.5) is 0 Å². The topological polar surface area (TPSA) is 52.1 Å². The van der Waals surface area contributed by atoms with E-state index >= 15 is 0 Å². The maximum absolute atomic E-state index is 5.84. The third kappa shape index (κ3) is 6.48. The first-order valence-electron chi connectivity index (χ1n) is 10.3. The Labute approximate surface area is 164 Å². The van der Waals surface area contributed by atoms with Crippen LogP contribution in [0.3, 0.4) is 0 Å². The van der Waals surface area contributed by atoms with E-state index in [-0.39, 0.29) is 6.10 Å². The van der Waals surface area contributed by atoms with E-state index in [0.29, 0.717) is 6.04 Å². The molecule has 2 N–H and O–H groups in total. The molecule has 0 aliphatic carbocycles. The standard InChI is InChI=1S/C21H35N5O/c1-3-22-21(24-15-20-17-25(2)12-13-27-20)23-14-19-10-7-11-26(19)16-18-8-5-4-6-9-18/h4-6,8-9,19-20H,3,7,10-17H2,1-2H3,(H2,22,23,24). The van der Waals surface area contributed by atoms with E-state index in [0.717, 1.165) is 51.8 Å². The van der Waals surface area contributed by atoms with Crippen LogP contribution in [0.15, 0.2) is 35.3 Å². The number of hydrogen-bond acceptors (Lipinski definition) is 4. The number of nitrogens with zero attached hydrogens (tertiary/aromatic N) is 3. The third-order valence-corrected chi connectivity index (χ3v) is 5.37. The molecular weight excluding hydrogens is 338 g/mol. The fourth-order valence-corrected chi connectivity index (χ4v) is 3.87. The third-order valence-electron chi connectivity index (χ3n) is 5.37. The number of morpholine rings is 1. The molecule has 3 rings (SSSR count). The van der Waals surface area contributed by atoms with Gasteiger partial charge < -0.3 is 20.3 Å². The summed E-state index contributed by atoms with van der Waals surface area (Å²) in [6, 6.07) is 11.3. The van der Waals surface area contributed by atoms with Crippen molar-refractivity contribution in [2.75, 3.05) is 52.9 Å². The Morgan fingerprint density at radius 1 is 1.22 bits per heavy atom. The molecule has 2 fully saturated rings. The van der Waals surface area contributed by atoms with Gasteiger partial charge in [-0.15, -0.1) is 0 Å². The van der Waals surface area contributed by atoms with E-state index in [2.05, 4.69) is 64.7 Å². The van der Waals surface area contributed by atoms with E-state index < -0.39 is 0 Å². The van der Waals surface area contributed by atoms with E-state index in [1.165, 1.54) is 24.9 Å². The summed E-state index contributed by atoms with van der Waals surface area (Å²) < 4.78 is 5.84. The molecular formula is C21H35N5O. The largest absolute Gasteiger partial charge is 0.374 e. The van der Waals surface area contributed by atoms with E-state index in [4.69, 9.17) is 9.73 Å². The second-order valence-corrected chi connectivity index (χ2v) is 7.61. The van der Waals surface area contributed by atoms with Crippen LogP contribution in [0.5, 0.6) is 0 Å². The van der Waals surface area contributed by atoms with E-state index in [1.54, 1.807) is 0 Å². The molecule has 2 atom stereocenters. The first-order chi connectivity index (χ1) is 13.2. The van der Waals surface area contributed by atoms with Crippen molar-refractivity contribution in [2.24, 2.45) is 4.99 Å². The molecule has 1 aromatic rings. The van der Waals surface area contributed by atoms with Crippen LogP contribution in [0.1, 0.15) is 25.3 Å². The fraction of sp³-hybridized carbons (Fsp3) is 0.667. The van der Waals surface area contributed by atoms with Gasteiger partial charge in [0.05, 0.1) is 19.3 Å². The second-order valence-electron chi connectivity index (χ2n) is 7.61. The highest BCUT2D eigenvalue weighted by atomic mass is 16.5. The maximum atomic E-state index is 5.84. The van der Waals surface area contributed by atoms with Gasteiger partial charge in [0.15, 0.2) is 5.96 Å². The van der Waals surface area contributed by atoms with Gasteiger partial charge >= 0.3 is 0 Å². The molecule has 0 saturated carbocycles. The Morgan fingerprint density at radius 2 is 2.07 bits per heavy atom. The van der Waals surface area contributed by atoms with Crippen LogP contribution >= 0.6 is 0 Å². The number of aliphatic imine (C=N–C) groups is 1. The zero-order valence-electron chi connectivity index (χ0n) is 16.9. The van der Waals surface area contributed by atoms with Crippen LogP contribution in [0.2, 0.25) is 0 Å². The van der Waals surface area contributed by atoms with Gasteiger partial charge in [-0.2, -0.15) is 0 Å². The lowest BCUT2D eigenvalue weighted by atomic mass is 10.2. The highest BCUT2D eigenvalue weighted by Gasteiger charge is 2.24. The minimum atomic E-state index is 0.230. The van der Waals surface area contributed by atoms with Gasteiger partial charge in [0.25, 0.3) is 0 Å². The van der Waals surface area contributed by atoms with Crippen molar-refractivity contribution in [2.45, 2.75) is 38.5 Å². The van der Waals surface area contributed by atoms with Crippen LogP contribution in [-0.4, -0.2) is 80.8 Å². The number of guanidine groups is 1. The van der Waals surface area contributed by atoms with Crippen molar-refractivity contribution in [3.63, 3.8) is 0 Å². The molecule has 0 bridgehead atoms. The SMILES string of the molecule is CCNC(=NCC1CCCN1Cc1ccccc1)NCC1CN(C)CCO1. The predicted octanol–water partition coefficient (Wildman–Crippen LogP) is 1.54. The summed E-state index contributed by atoms with van der Waals surface area (Å²) in [5.41, 5.74) is 1.39. The molecule has 2 heterocycles. The van der Waals surface area contributed by atoms with Gasteiger partial charge in [-0.05, 0) is 38.9 Å². The smallest absolute Gasteiger partial charge is 0.191 e. The Kier molecular flexibility index (Phi) is 7.93. The second kappa shape index (κ2) is 10.6. The fourth-order valence-electron chi connectivity index (χ4n) is 3.87. The summed E-state index contributed by atoms with van der Waals surface area (Å²) in [5.74, 6) is 0.904. The summed E-state index contributed by atoms with van der Waals surface area (Å²) in [7, 11) is 2.15. The van der Waals surface area contributed by atoms with Crippen molar-refractivity contribution < 1.29 is 4.74 Å². The monoisotopic (exact) mass is 373 g/mol. The molecule has 27 heavy (non-hydrogen) atoms. The van der Waals surface area contributed by atoms with Gasteiger partial charge in [-0.3, -0.25) is 9.89 Å². The first kappa shape index (κ1) is 20.1. The average molecular weight is 374 g/mol. The lowest BCUT2D eigenvalue weighted by Gasteiger charge is -2.30. The molecule has 0 aromatic heterocycles. The average Bonchev–Trinajstić information content (AvgIpc) is 3.12. The zero-order chi connectivity index (χ0) is 18.9. The minimum Gasteiger partial charge on any atom is -0.374 e. The number of ether oxygens (including phenoxy) is 1. The minimum absolute atomic E-state index is 0.230. The number of likely N-dealkylation sites (tertiary alicyclic amines) is 1.